The van der Waals surface area contributed by atoms with Gasteiger partial charge in [-0.15, -0.1) is 0 Å². The Morgan fingerprint density at radius 1 is 1.04 bits per heavy atom. The number of ether oxygens (including phenoxy) is 1. The first-order valence-corrected chi connectivity index (χ1v) is 9.06. The third-order valence-corrected chi connectivity index (χ3v) is 4.35. The van der Waals surface area contributed by atoms with Crippen molar-refractivity contribution in [2.24, 2.45) is 5.92 Å². The van der Waals surface area contributed by atoms with Gasteiger partial charge in [0.15, 0.2) is 0 Å². The van der Waals surface area contributed by atoms with Crippen molar-refractivity contribution in [2.75, 3.05) is 13.2 Å². The second-order valence-electron chi connectivity index (χ2n) is 6.85. The van der Waals surface area contributed by atoms with Crippen molar-refractivity contribution in [2.45, 2.75) is 77.9 Å². The lowest BCUT2D eigenvalue weighted by molar-refractivity contribution is -0.123. The van der Waals surface area contributed by atoms with Crippen LogP contribution in [0.5, 0.6) is 0 Å². The molecule has 6 heteroatoms. The lowest BCUT2D eigenvalue weighted by Gasteiger charge is -2.27. The fraction of sp³-hybridized carbons (Fsp3) is 0.833. The molecule has 138 valence electrons. The van der Waals surface area contributed by atoms with E-state index in [0.717, 1.165) is 25.7 Å². The van der Waals surface area contributed by atoms with Crippen molar-refractivity contribution in [1.82, 2.24) is 10.6 Å². The minimum Gasteiger partial charge on any atom is -0.377 e. The van der Waals surface area contributed by atoms with E-state index in [1.54, 1.807) is 6.92 Å². The van der Waals surface area contributed by atoms with Gasteiger partial charge in [-0.05, 0) is 52.9 Å². The maximum absolute atomic E-state index is 11.9. The van der Waals surface area contributed by atoms with E-state index < -0.39 is 0 Å². The van der Waals surface area contributed by atoms with E-state index in [-0.39, 0.29) is 35.7 Å². The second kappa shape index (κ2) is 11.2. The molecule has 0 atom stereocenters. The normalized spacial score (nSPS) is 20.7. The number of carbonyl (C=O) groups excluding carboxylic acids is 3. The third kappa shape index (κ3) is 9.01. The molecule has 1 aliphatic carbocycles. The zero-order chi connectivity index (χ0) is 17.9. The fourth-order valence-corrected chi connectivity index (χ4v) is 2.93. The Balaban J connectivity index is 2.06. The van der Waals surface area contributed by atoms with Crippen LogP contribution in [-0.4, -0.2) is 42.9 Å². The van der Waals surface area contributed by atoms with Gasteiger partial charge in [-0.25, -0.2) is 0 Å². The molecule has 0 saturated heterocycles. The van der Waals surface area contributed by atoms with Crippen LogP contribution in [0.25, 0.3) is 0 Å². The van der Waals surface area contributed by atoms with Gasteiger partial charge in [-0.1, -0.05) is 0 Å². The van der Waals surface area contributed by atoms with E-state index in [0.29, 0.717) is 32.4 Å². The van der Waals surface area contributed by atoms with E-state index in [9.17, 15) is 14.4 Å². The van der Waals surface area contributed by atoms with Crippen LogP contribution in [0.15, 0.2) is 0 Å². The number of amides is 2. The summed E-state index contributed by atoms with van der Waals surface area (Å²) in [6, 6.07) is 0.176. The molecule has 24 heavy (non-hydrogen) atoms. The summed E-state index contributed by atoms with van der Waals surface area (Å²) in [6.45, 7) is 6.55. The first kappa shape index (κ1) is 20.6. The lowest BCUT2D eigenvalue weighted by Crippen LogP contribution is -2.38. The largest absolute Gasteiger partial charge is 0.377 e. The van der Waals surface area contributed by atoms with Crippen molar-refractivity contribution in [1.29, 1.82) is 0 Å². The maximum Gasteiger partial charge on any atom is 0.220 e. The van der Waals surface area contributed by atoms with E-state index >= 15 is 0 Å². The summed E-state index contributed by atoms with van der Waals surface area (Å²) < 4.78 is 5.34. The molecule has 1 aliphatic rings. The maximum atomic E-state index is 11.9. The Hall–Kier alpha value is -1.43. The third-order valence-electron chi connectivity index (χ3n) is 4.35. The number of rotatable bonds is 10. The lowest BCUT2D eigenvalue weighted by atomic mass is 9.84. The molecule has 1 saturated carbocycles. The topological polar surface area (TPSA) is 84.5 Å². The van der Waals surface area contributed by atoms with Crippen LogP contribution in [0.1, 0.15) is 65.7 Å². The van der Waals surface area contributed by atoms with Crippen molar-refractivity contribution in [3.8, 4) is 0 Å². The van der Waals surface area contributed by atoms with Crippen molar-refractivity contribution >= 4 is 17.6 Å². The van der Waals surface area contributed by atoms with Crippen LogP contribution in [-0.2, 0) is 19.1 Å². The van der Waals surface area contributed by atoms with Crippen LogP contribution in [0.3, 0.4) is 0 Å². The predicted molar refractivity (Wildman–Crippen MR) is 92.5 cm³/mol. The monoisotopic (exact) mass is 340 g/mol. The molecule has 0 aromatic rings. The predicted octanol–water partition coefficient (Wildman–Crippen LogP) is 1.96. The average molecular weight is 340 g/mol. The molecule has 6 nitrogen and oxygen atoms in total. The number of carbonyl (C=O) groups is 3. The summed E-state index contributed by atoms with van der Waals surface area (Å²) in [7, 11) is 0. The quantitative estimate of drug-likeness (QED) is 0.596. The van der Waals surface area contributed by atoms with Crippen LogP contribution in [0, 0.1) is 5.92 Å². The highest BCUT2D eigenvalue weighted by molar-refractivity contribution is 5.79. The molecule has 0 radical (unpaired) electrons. The molecular weight excluding hydrogens is 308 g/mol. The van der Waals surface area contributed by atoms with E-state index in [1.807, 2.05) is 13.8 Å². The summed E-state index contributed by atoms with van der Waals surface area (Å²) in [5.74, 6) is 0.375. The first-order valence-electron chi connectivity index (χ1n) is 9.06. The highest BCUT2D eigenvalue weighted by Crippen LogP contribution is 2.24. The van der Waals surface area contributed by atoms with Gasteiger partial charge in [0.1, 0.15) is 5.78 Å². The van der Waals surface area contributed by atoms with Gasteiger partial charge in [0.05, 0.1) is 12.7 Å². The minimum atomic E-state index is -0.0443. The molecule has 2 N–H and O–H groups in total. The smallest absolute Gasteiger partial charge is 0.220 e. The van der Waals surface area contributed by atoms with Gasteiger partial charge in [0.25, 0.3) is 0 Å². The number of ketones is 1. The zero-order valence-electron chi connectivity index (χ0n) is 15.2. The van der Waals surface area contributed by atoms with Crippen molar-refractivity contribution in [3.63, 3.8) is 0 Å². The number of hydrogen-bond acceptors (Lipinski definition) is 4. The molecule has 1 rings (SSSR count). The molecule has 0 unspecified atom stereocenters. The molecule has 0 heterocycles. The molecule has 0 aromatic heterocycles. The Labute approximate surface area is 145 Å². The van der Waals surface area contributed by atoms with Crippen LogP contribution < -0.4 is 10.6 Å². The molecule has 2 amide bonds. The molecule has 0 spiro atoms. The van der Waals surface area contributed by atoms with Crippen LogP contribution in [0.2, 0.25) is 0 Å². The number of nitrogens with one attached hydrogen (secondary N) is 2. The highest BCUT2D eigenvalue weighted by atomic mass is 16.5. The van der Waals surface area contributed by atoms with Crippen molar-refractivity contribution in [3.05, 3.63) is 0 Å². The zero-order valence-corrected chi connectivity index (χ0v) is 15.2. The standard InChI is InChI=1S/C18H32N2O4/c1-13(2)24-12-11-19-17(22)5-4-6-18(23)20-16-9-7-15(8-10-16)14(3)21/h13,15-16H,4-12H2,1-3H3,(H,19,22)(H,20,23). The van der Waals surface area contributed by atoms with Crippen LogP contribution >= 0.6 is 0 Å². The SMILES string of the molecule is CC(=O)C1CCC(NC(=O)CCCC(=O)NCCOC(C)C)CC1. The Morgan fingerprint density at radius 2 is 1.67 bits per heavy atom. The van der Waals surface area contributed by atoms with Gasteiger partial charge in [-0.3, -0.25) is 14.4 Å². The summed E-state index contributed by atoms with van der Waals surface area (Å²) in [5, 5.41) is 5.80. The molecule has 1 fully saturated rings. The first-order chi connectivity index (χ1) is 11.4. The molecule has 0 aromatic carbocycles. The summed E-state index contributed by atoms with van der Waals surface area (Å²) in [4.78, 5) is 34.9. The van der Waals surface area contributed by atoms with Gasteiger partial charge in [-0.2, -0.15) is 0 Å². The van der Waals surface area contributed by atoms with Crippen molar-refractivity contribution < 1.29 is 19.1 Å². The fourth-order valence-electron chi connectivity index (χ4n) is 2.93. The van der Waals surface area contributed by atoms with E-state index in [1.165, 1.54) is 0 Å². The molecular formula is C18H32N2O4. The molecule has 0 bridgehead atoms. The van der Waals surface area contributed by atoms with Gasteiger partial charge in [0.2, 0.25) is 11.8 Å². The Kier molecular flexibility index (Phi) is 9.60. The average Bonchev–Trinajstić information content (AvgIpc) is 2.52. The van der Waals surface area contributed by atoms with Gasteiger partial charge >= 0.3 is 0 Å². The number of Topliss-reactive ketones (excluding diaryl/α,β-unsaturated/α-hetero) is 1. The summed E-state index contributed by atoms with van der Waals surface area (Å²) >= 11 is 0. The summed E-state index contributed by atoms with van der Waals surface area (Å²) in [6.07, 6.45) is 4.89. The minimum absolute atomic E-state index is 0.00258. The van der Waals surface area contributed by atoms with Gasteiger partial charge in [0, 0.05) is 31.3 Å². The second-order valence-corrected chi connectivity index (χ2v) is 6.85. The Bertz CT molecular complexity index is 415. The molecule has 0 aliphatic heterocycles. The highest BCUT2D eigenvalue weighted by Gasteiger charge is 2.24. The van der Waals surface area contributed by atoms with E-state index in [4.69, 9.17) is 4.74 Å². The van der Waals surface area contributed by atoms with E-state index in [2.05, 4.69) is 10.6 Å². The summed E-state index contributed by atoms with van der Waals surface area (Å²) in [5.41, 5.74) is 0. The Morgan fingerprint density at radius 3 is 2.25 bits per heavy atom. The van der Waals surface area contributed by atoms with Gasteiger partial charge < -0.3 is 15.4 Å². The van der Waals surface area contributed by atoms with Crippen LogP contribution in [0.4, 0.5) is 0 Å². The number of hydrogen-bond donors (Lipinski definition) is 2.